The van der Waals surface area contributed by atoms with E-state index in [1.807, 2.05) is 84.6 Å². The van der Waals surface area contributed by atoms with Gasteiger partial charge in [0.2, 0.25) is 5.91 Å². The molecule has 0 saturated heterocycles. The van der Waals surface area contributed by atoms with E-state index in [9.17, 15) is 4.79 Å². The van der Waals surface area contributed by atoms with Crippen molar-refractivity contribution in [1.82, 2.24) is 0 Å². The van der Waals surface area contributed by atoms with Gasteiger partial charge in [0.05, 0.1) is 25.3 Å². The maximum absolute atomic E-state index is 13.4. The highest BCUT2D eigenvalue weighted by Gasteiger charge is 2.38. The van der Waals surface area contributed by atoms with Gasteiger partial charge in [-0.1, -0.05) is 48.5 Å². The fraction of sp³-hybridized carbons (Fsp3) is 0.208. The predicted octanol–water partition coefficient (Wildman–Crippen LogP) is 5.10. The molecule has 28 heavy (non-hydrogen) atoms. The molecule has 0 spiro atoms. The number of carbonyl (C=O) groups excluding carboxylic acids is 1. The van der Waals surface area contributed by atoms with Crippen LogP contribution in [0.4, 0.5) is 11.4 Å². The largest absolute Gasteiger partial charge is 0.493 e. The Morgan fingerprint density at radius 1 is 0.929 bits per heavy atom. The van der Waals surface area contributed by atoms with E-state index in [-0.39, 0.29) is 11.8 Å². The topological polar surface area (TPSA) is 38.8 Å². The van der Waals surface area contributed by atoms with Crippen molar-refractivity contribution in [3.8, 4) is 11.5 Å². The smallest absolute Gasteiger partial charge is 0.239 e. The van der Waals surface area contributed by atoms with Crippen LogP contribution in [-0.2, 0) is 11.2 Å². The summed E-state index contributed by atoms with van der Waals surface area (Å²) in [4.78, 5) is 15.3. The summed E-state index contributed by atoms with van der Waals surface area (Å²) in [5.41, 5.74) is 3.86. The Bertz CT molecular complexity index is 984. The second kappa shape index (κ2) is 7.77. The third-order valence-electron chi connectivity index (χ3n) is 5.08. The zero-order valence-electron chi connectivity index (χ0n) is 16.1. The molecule has 1 aliphatic rings. The normalized spacial score (nSPS) is 15.4. The van der Waals surface area contributed by atoms with E-state index >= 15 is 0 Å². The van der Waals surface area contributed by atoms with Crippen LogP contribution >= 0.6 is 0 Å². The van der Waals surface area contributed by atoms with Gasteiger partial charge in [0.15, 0.2) is 11.5 Å². The van der Waals surface area contributed by atoms with Crippen molar-refractivity contribution in [2.24, 2.45) is 0 Å². The maximum atomic E-state index is 13.4. The van der Waals surface area contributed by atoms with E-state index in [1.54, 1.807) is 7.11 Å². The highest BCUT2D eigenvalue weighted by molar-refractivity contribution is 6.10. The lowest BCUT2D eigenvalue weighted by atomic mass is 9.92. The van der Waals surface area contributed by atoms with Crippen molar-refractivity contribution in [3.63, 3.8) is 0 Å². The lowest BCUT2D eigenvalue weighted by Crippen LogP contribution is -2.24. The van der Waals surface area contributed by atoms with Gasteiger partial charge in [0.25, 0.3) is 0 Å². The maximum Gasteiger partial charge on any atom is 0.239 e. The number of hydrogen-bond acceptors (Lipinski definition) is 3. The van der Waals surface area contributed by atoms with E-state index in [0.29, 0.717) is 18.8 Å². The Kier molecular flexibility index (Phi) is 5.02. The molecule has 3 aromatic carbocycles. The van der Waals surface area contributed by atoms with Crippen molar-refractivity contribution in [2.45, 2.75) is 19.3 Å². The first kappa shape index (κ1) is 18.1. The van der Waals surface area contributed by atoms with Gasteiger partial charge in [-0.15, -0.1) is 0 Å². The Balaban J connectivity index is 1.75. The molecule has 1 heterocycles. The molecule has 4 heteroatoms. The van der Waals surface area contributed by atoms with E-state index in [2.05, 4.69) is 0 Å². The Morgan fingerprint density at radius 3 is 2.43 bits per heavy atom. The molecular weight excluding hydrogens is 350 g/mol. The first-order chi connectivity index (χ1) is 13.7. The Hall–Kier alpha value is -3.27. The lowest BCUT2D eigenvalue weighted by molar-refractivity contribution is -0.118. The SMILES string of the molecule is CCOc1c(CC2C(=O)N(c3ccccc3)c3ccccc32)cccc1OC. The molecule has 142 valence electrons. The van der Waals surface area contributed by atoms with Crippen molar-refractivity contribution >= 4 is 17.3 Å². The zero-order chi connectivity index (χ0) is 19.5. The number of anilines is 2. The van der Waals surface area contributed by atoms with Crippen LogP contribution in [0.15, 0.2) is 72.8 Å². The van der Waals surface area contributed by atoms with Crippen LogP contribution in [0.1, 0.15) is 24.0 Å². The van der Waals surface area contributed by atoms with Crippen molar-refractivity contribution in [1.29, 1.82) is 0 Å². The minimum absolute atomic E-state index is 0.0812. The molecule has 4 nitrogen and oxygen atoms in total. The van der Waals surface area contributed by atoms with Crippen LogP contribution in [0.5, 0.6) is 11.5 Å². The first-order valence-corrected chi connectivity index (χ1v) is 9.51. The molecule has 0 N–H and O–H groups in total. The second-order valence-electron chi connectivity index (χ2n) is 6.71. The van der Waals surface area contributed by atoms with Gasteiger partial charge in [-0.2, -0.15) is 0 Å². The summed E-state index contributed by atoms with van der Waals surface area (Å²) in [5.74, 6) is 1.23. The summed E-state index contributed by atoms with van der Waals surface area (Å²) in [6.45, 7) is 2.49. The highest BCUT2D eigenvalue weighted by atomic mass is 16.5. The van der Waals surface area contributed by atoms with Crippen LogP contribution in [0.3, 0.4) is 0 Å². The first-order valence-electron chi connectivity index (χ1n) is 9.51. The fourth-order valence-corrected chi connectivity index (χ4v) is 3.84. The van der Waals surface area contributed by atoms with Crippen LogP contribution in [0.2, 0.25) is 0 Å². The predicted molar refractivity (Wildman–Crippen MR) is 111 cm³/mol. The molecule has 4 rings (SSSR count). The quantitative estimate of drug-likeness (QED) is 0.603. The van der Waals surface area contributed by atoms with Crippen molar-refractivity contribution in [2.75, 3.05) is 18.6 Å². The van der Waals surface area contributed by atoms with E-state index in [1.165, 1.54) is 0 Å². The summed E-state index contributed by atoms with van der Waals surface area (Å²) in [6.07, 6.45) is 0.561. The van der Waals surface area contributed by atoms with Gasteiger partial charge >= 0.3 is 0 Å². The number of methoxy groups -OCH3 is 1. The minimum atomic E-state index is -0.261. The molecule has 0 radical (unpaired) electrons. The lowest BCUT2D eigenvalue weighted by Gasteiger charge is -2.19. The third kappa shape index (κ3) is 3.11. The molecule has 1 unspecified atom stereocenters. The van der Waals surface area contributed by atoms with E-state index in [0.717, 1.165) is 28.3 Å². The zero-order valence-corrected chi connectivity index (χ0v) is 16.1. The van der Waals surface area contributed by atoms with Gasteiger partial charge in [-0.25, -0.2) is 0 Å². The molecule has 1 atom stereocenters. The molecule has 0 bridgehead atoms. The molecular formula is C24H23NO3. The van der Waals surface area contributed by atoms with Gasteiger partial charge in [-0.3, -0.25) is 9.69 Å². The molecule has 0 saturated carbocycles. The van der Waals surface area contributed by atoms with Crippen molar-refractivity contribution < 1.29 is 14.3 Å². The summed E-state index contributed by atoms with van der Waals surface area (Å²) in [5, 5.41) is 0. The number of amides is 1. The number of ether oxygens (including phenoxy) is 2. The monoisotopic (exact) mass is 373 g/mol. The number of carbonyl (C=O) groups is 1. The van der Waals surface area contributed by atoms with Crippen LogP contribution < -0.4 is 14.4 Å². The Labute approximate surface area is 165 Å². The molecule has 3 aromatic rings. The Morgan fingerprint density at radius 2 is 1.68 bits per heavy atom. The average Bonchev–Trinajstić information content (AvgIpc) is 3.01. The minimum Gasteiger partial charge on any atom is -0.493 e. The number of benzene rings is 3. The molecule has 1 aliphatic heterocycles. The molecule has 0 aliphatic carbocycles. The standard InChI is InChI=1S/C24H23NO3/c1-3-28-23-17(10-9-15-22(23)27-2)16-20-19-13-7-8-14-21(19)25(24(20)26)18-11-5-4-6-12-18/h4-15,20H,3,16H2,1-2H3. The van der Waals surface area contributed by atoms with Gasteiger partial charge in [0, 0.05) is 5.69 Å². The molecule has 0 fully saturated rings. The average molecular weight is 373 g/mol. The summed E-state index contributed by atoms with van der Waals surface area (Å²) in [7, 11) is 1.63. The van der Waals surface area contributed by atoms with Crippen LogP contribution in [0.25, 0.3) is 0 Å². The molecule has 1 amide bonds. The number of hydrogen-bond donors (Lipinski definition) is 0. The number of para-hydroxylation sites is 3. The van der Waals surface area contributed by atoms with Gasteiger partial charge < -0.3 is 9.47 Å². The number of fused-ring (bicyclic) bond motifs is 1. The summed E-state index contributed by atoms with van der Waals surface area (Å²) in [6, 6.07) is 23.6. The van der Waals surface area contributed by atoms with E-state index < -0.39 is 0 Å². The van der Waals surface area contributed by atoms with Crippen LogP contribution in [-0.4, -0.2) is 19.6 Å². The fourth-order valence-electron chi connectivity index (χ4n) is 3.84. The number of nitrogens with zero attached hydrogens (tertiary/aromatic N) is 1. The third-order valence-corrected chi connectivity index (χ3v) is 5.08. The van der Waals surface area contributed by atoms with Crippen molar-refractivity contribution in [3.05, 3.63) is 83.9 Å². The van der Waals surface area contributed by atoms with Gasteiger partial charge in [0.1, 0.15) is 0 Å². The highest BCUT2D eigenvalue weighted by Crippen LogP contribution is 2.44. The number of rotatable bonds is 6. The van der Waals surface area contributed by atoms with Gasteiger partial charge in [-0.05, 0) is 48.7 Å². The second-order valence-corrected chi connectivity index (χ2v) is 6.71. The summed E-state index contributed by atoms with van der Waals surface area (Å²) < 4.78 is 11.3. The van der Waals surface area contributed by atoms with Crippen LogP contribution in [0, 0.1) is 0 Å². The molecule has 0 aromatic heterocycles. The summed E-state index contributed by atoms with van der Waals surface area (Å²) >= 11 is 0. The van der Waals surface area contributed by atoms with E-state index in [4.69, 9.17) is 9.47 Å².